The van der Waals surface area contributed by atoms with Crippen LogP contribution in [0, 0.1) is 0 Å². The monoisotopic (exact) mass is 392 g/mol. The minimum Gasteiger partial charge on any atom is -0.492 e. The molecule has 9 heteroatoms. The van der Waals surface area contributed by atoms with Crippen molar-refractivity contribution >= 4 is 29.3 Å². The summed E-state index contributed by atoms with van der Waals surface area (Å²) in [6.07, 6.45) is 1.50. The maximum absolute atomic E-state index is 12.3. The van der Waals surface area contributed by atoms with Gasteiger partial charge in [0, 0.05) is 6.54 Å². The molecular weight excluding hydrogens is 368 g/mol. The van der Waals surface area contributed by atoms with Crippen molar-refractivity contribution in [3.8, 4) is 5.75 Å². The standard InChI is InChI=1S/C18H24N4O4S/c1-3-19-16(24)10-22-13(11-23)9-20-18(22)27-12-17(25)21-14-7-5-6-8-15(14)26-4-2/h5-9,23H,3-4,10-12H2,1-2H3,(H,19,24)(H,21,25). The van der Waals surface area contributed by atoms with Crippen LogP contribution < -0.4 is 15.4 Å². The molecule has 0 saturated heterocycles. The number of benzene rings is 1. The van der Waals surface area contributed by atoms with E-state index in [9.17, 15) is 14.7 Å². The second-order valence-electron chi connectivity index (χ2n) is 5.50. The Balaban J connectivity index is 2.01. The van der Waals surface area contributed by atoms with E-state index in [4.69, 9.17) is 4.74 Å². The van der Waals surface area contributed by atoms with Crippen LogP contribution >= 0.6 is 11.8 Å². The normalized spacial score (nSPS) is 10.5. The van der Waals surface area contributed by atoms with Gasteiger partial charge in [0.1, 0.15) is 12.3 Å². The summed E-state index contributed by atoms with van der Waals surface area (Å²) >= 11 is 1.20. The number of aliphatic hydroxyl groups excluding tert-OH is 1. The zero-order chi connectivity index (χ0) is 19.6. The summed E-state index contributed by atoms with van der Waals surface area (Å²) in [7, 11) is 0. The number of carbonyl (C=O) groups is 2. The Kier molecular flexibility index (Phi) is 8.15. The van der Waals surface area contributed by atoms with Gasteiger partial charge in [-0.3, -0.25) is 9.59 Å². The molecule has 2 aromatic rings. The van der Waals surface area contributed by atoms with Gasteiger partial charge in [-0.15, -0.1) is 0 Å². The number of aliphatic hydroxyl groups is 1. The number of carbonyl (C=O) groups excluding carboxylic acids is 2. The van der Waals surface area contributed by atoms with E-state index in [2.05, 4.69) is 15.6 Å². The highest BCUT2D eigenvalue weighted by Crippen LogP contribution is 2.25. The zero-order valence-electron chi connectivity index (χ0n) is 15.4. The van der Waals surface area contributed by atoms with Crippen LogP contribution in [-0.4, -0.2) is 45.4 Å². The first-order chi connectivity index (χ1) is 13.1. The second kappa shape index (κ2) is 10.6. The molecule has 8 nitrogen and oxygen atoms in total. The molecule has 1 heterocycles. The van der Waals surface area contributed by atoms with Crippen molar-refractivity contribution in [1.29, 1.82) is 0 Å². The van der Waals surface area contributed by atoms with Gasteiger partial charge in [0.25, 0.3) is 0 Å². The van der Waals surface area contributed by atoms with Crippen LogP contribution in [0.3, 0.4) is 0 Å². The summed E-state index contributed by atoms with van der Waals surface area (Å²) in [4.78, 5) is 28.4. The Hall–Kier alpha value is -2.52. The summed E-state index contributed by atoms with van der Waals surface area (Å²) in [5.74, 6) is 0.323. The van der Waals surface area contributed by atoms with E-state index in [0.717, 1.165) is 0 Å². The van der Waals surface area contributed by atoms with Crippen molar-refractivity contribution in [2.45, 2.75) is 32.2 Å². The molecule has 3 N–H and O–H groups in total. The number of ether oxygens (including phenoxy) is 1. The number of amides is 2. The Morgan fingerprint density at radius 3 is 2.74 bits per heavy atom. The summed E-state index contributed by atoms with van der Waals surface area (Å²) in [5, 5.41) is 15.5. The fourth-order valence-electron chi connectivity index (χ4n) is 2.37. The lowest BCUT2D eigenvalue weighted by atomic mass is 10.3. The summed E-state index contributed by atoms with van der Waals surface area (Å²) in [5.41, 5.74) is 1.12. The van der Waals surface area contributed by atoms with Crippen LogP contribution in [0.1, 0.15) is 19.5 Å². The molecule has 1 aromatic heterocycles. The largest absolute Gasteiger partial charge is 0.492 e. The van der Waals surface area contributed by atoms with Gasteiger partial charge in [-0.1, -0.05) is 23.9 Å². The van der Waals surface area contributed by atoms with Crippen molar-refractivity contribution in [3.05, 3.63) is 36.2 Å². The molecule has 0 spiro atoms. The first kappa shape index (κ1) is 20.8. The van der Waals surface area contributed by atoms with Crippen molar-refractivity contribution in [3.63, 3.8) is 0 Å². The third-order valence-electron chi connectivity index (χ3n) is 3.53. The molecule has 0 atom stereocenters. The van der Waals surface area contributed by atoms with Crippen LogP contribution in [0.25, 0.3) is 0 Å². The van der Waals surface area contributed by atoms with Crippen LogP contribution in [0.4, 0.5) is 5.69 Å². The van der Waals surface area contributed by atoms with Gasteiger partial charge in [-0.05, 0) is 26.0 Å². The predicted molar refractivity (Wildman–Crippen MR) is 104 cm³/mol. The summed E-state index contributed by atoms with van der Waals surface area (Å²) in [6.45, 7) is 4.54. The first-order valence-corrected chi connectivity index (χ1v) is 9.64. The van der Waals surface area contributed by atoms with Crippen LogP contribution in [-0.2, 0) is 22.7 Å². The Morgan fingerprint density at radius 1 is 1.26 bits per heavy atom. The maximum atomic E-state index is 12.3. The number of thioether (sulfide) groups is 1. The highest BCUT2D eigenvalue weighted by atomic mass is 32.2. The maximum Gasteiger partial charge on any atom is 0.240 e. The Labute approximate surface area is 162 Å². The topological polar surface area (TPSA) is 105 Å². The second-order valence-corrected chi connectivity index (χ2v) is 6.44. The van der Waals surface area contributed by atoms with Crippen LogP contribution in [0.2, 0.25) is 0 Å². The van der Waals surface area contributed by atoms with E-state index in [1.807, 2.05) is 26.0 Å². The van der Waals surface area contributed by atoms with Gasteiger partial charge in [0.2, 0.25) is 11.8 Å². The highest BCUT2D eigenvalue weighted by molar-refractivity contribution is 7.99. The molecule has 2 amide bonds. The molecule has 0 fully saturated rings. The average molecular weight is 392 g/mol. The van der Waals surface area contributed by atoms with Gasteiger partial charge >= 0.3 is 0 Å². The number of nitrogens with zero attached hydrogens (tertiary/aromatic N) is 2. The Bertz CT molecular complexity index is 778. The van der Waals surface area contributed by atoms with Crippen molar-refractivity contribution in [2.75, 3.05) is 24.2 Å². The molecule has 0 radical (unpaired) electrons. The van der Waals surface area contributed by atoms with Crippen molar-refractivity contribution in [1.82, 2.24) is 14.9 Å². The molecule has 27 heavy (non-hydrogen) atoms. The summed E-state index contributed by atoms with van der Waals surface area (Å²) < 4.78 is 7.10. The molecule has 0 saturated carbocycles. The lowest BCUT2D eigenvalue weighted by molar-refractivity contribution is -0.121. The molecular formula is C18H24N4O4S. The number of para-hydroxylation sites is 2. The van der Waals surface area contributed by atoms with E-state index in [-0.39, 0.29) is 30.7 Å². The number of aromatic nitrogens is 2. The number of hydrogen-bond donors (Lipinski definition) is 3. The minimum atomic E-state index is -0.235. The van der Waals surface area contributed by atoms with Gasteiger partial charge in [0.15, 0.2) is 5.16 Å². The van der Waals surface area contributed by atoms with Gasteiger partial charge in [-0.25, -0.2) is 4.98 Å². The number of nitrogens with one attached hydrogen (secondary N) is 2. The smallest absolute Gasteiger partial charge is 0.240 e. The Morgan fingerprint density at radius 2 is 2.04 bits per heavy atom. The quantitative estimate of drug-likeness (QED) is 0.531. The van der Waals surface area contributed by atoms with E-state index in [1.165, 1.54) is 18.0 Å². The van der Waals surface area contributed by atoms with Crippen molar-refractivity contribution in [2.24, 2.45) is 0 Å². The third-order valence-corrected chi connectivity index (χ3v) is 4.52. The van der Waals surface area contributed by atoms with E-state index < -0.39 is 0 Å². The molecule has 0 bridgehead atoms. The van der Waals surface area contributed by atoms with E-state index in [0.29, 0.717) is 35.4 Å². The molecule has 0 aliphatic heterocycles. The number of anilines is 1. The lowest BCUT2D eigenvalue weighted by Crippen LogP contribution is -2.28. The third kappa shape index (κ3) is 6.00. The van der Waals surface area contributed by atoms with Gasteiger partial charge in [-0.2, -0.15) is 0 Å². The zero-order valence-corrected chi connectivity index (χ0v) is 16.2. The predicted octanol–water partition coefficient (Wildman–Crippen LogP) is 1.64. The lowest BCUT2D eigenvalue weighted by Gasteiger charge is -2.12. The number of hydrogen-bond acceptors (Lipinski definition) is 6. The first-order valence-electron chi connectivity index (χ1n) is 8.65. The molecule has 0 aliphatic carbocycles. The van der Waals surface area contributed by atoms with Crippen LogP contribution in [0.15, 0.2) is 35.6 Å². The fourth-order valence-corrected chi connectivity index (χ4v) is 3.16. The SMILES string of the molecule is CCNC(=O)Cn1c(CO)cnc1SCC(=O)Nc1ccccc1OCC. The van der Waals surface area contributed by atoms with Crippen molar-refractivity contribution < 1.29 is 19.4 Å². The molecule has 0 aliphatic rings. The molecule has 2 rings (SSSR count). The number of imidazole rings is 1. The highest BCUT2D eigenvalue weighted by Gasteiger charge is 2.15. The summed E-state index contributed by atoms with van der Waals surface area (Å²) in [6, 6.07) is 7.22. The number of rotatable bonds is 10. The fraction of sp³-hybridized carbons (Fsp3) is 0.389. The van der Waals surface area contributed by atoms with Crippen LogP contribution in [0.5, 0.6) is 5.75 Å². The van der Waals surface area contributed by atoms with E-state index in [1.54, 1.807) is 16.7 Å². The van der Waals surface area contributed by atoms with Gasteiger partial charge in [0.05, 0.1) is 36.5 Å². The number of likely N-dealkylation sites (N-methyl/N-ethyl adjacent to an activating group) is 1. The average Bonchev–Trinajstić information content (AvgIpc) is 3.03. The van der Waals surface area contributed by atoms with Gasteiger partial charge < -0.3 is 25.0 Å². The van der Waals surface area contributed by atoms with E-state index >= 15 is 0 Å². The molecule has 0 unspecified atom stereocenters. The minimum absolute atomic E-state index is 0.0425. The molecule has 146 valence electrons. The molecule has 1 aromatic carbocycles.